The van der Waals surface area contributed by atoms with Gasteiger partial charge in [0, 0.05) is 19.8 Å². The van der Waals surface area contributed by atoms with Gasteiger partial charge in [-0.15, -0.1) is 0 Å². The van der Waals surface area contributed by atoms with E-state index in [1.165, 1.54) is 199 Å². The number of nitrogens with one attached hydrogen (secondary N) is 2. The van der Waals surface area contributed by atoms with Crippen LogP contribution in [0, 0.1) is 0 Å². The fraction of sp³-hybridized carbons (Fsp3) is 0.958. The van der Waals surface area contributed by atoms with Gasteiger partial charge in [-0.05, 0) is 12.8 Å². The predicted octanol–water partition coefficient (Wildman–Crippen LogP) is 8.07. The third-order valence-electron chi connectivity index (χ3n) is 19.3. The first-order chi connectivity index (χ1) is 45.4. The molecule has 0 aliphatic carbocycles. The lowest BCUT2D eigenvalue weighted by molar-refractivity contribution is -0.386. The molecule has 3 saturated heterocycles. The van der Waals surface area contributed by atoms with Crippen LogP contribution in [0.5, 0.6) is 0 Å². The first-order valence-electron chi connectivity index (χ1n) is 37.4. The van der Waals surface area contributed by atoms with Crippen molar-refractivity contribution in [1.29, 1.82) is 0 Å². The van der Waals surface area contributed by atoms with Crippen LogP contribution in [-0.4, -0.2) is 215 Å². The van der Waals surface area contributed by atoms with Crippen molar-refractivity contribution in [3.05, 3.63) is 0 Å². The van der Waals surface area contributed by atoms with Crippen molar-refractivity contribution >= 4 is 17.8 Å². The standard InChI is InChI=1S/C71H134N2O21/c1-4-6-8-10-12-14-16-18-20-22-24-25-27-28-30-32-34-36-38-40-42-44-53(78)52(73-58(81)45-43-41-39-37-35-33-31-29-26-23-21-19-17-15-13-11-9-7-5-2)50-89-68-63(85)62(84)65(57(49-76)91-68)92-69-64(86)67(61(83)56(48-75)90-69)94-71(70(87)88)46-54(79)59(72-51(3)77)66(93-71)60(82)55(80)47-74/h52-57,59-69,74-76,78-80,82-86H,4-50H2,1-3H3,(H,72,77)(H,73,81)(H,87,88). The molecule has 0 aromatic heterocycles. The second-order valence-corrected chi connectivity index (χ2v) is 27.5. The maximum absolute atomic E-state index is 13.5. The van der Waals surface area contributed by atoms with Crippen LogP contribution in [0.15, 0.2) is 0 Å². The van der Waals surface area contributed by atoms with E-state index in [0.29, 0.717) is 19.3 Å². The molecule has 3 heterocycles. The van der Waals surface area contributed by atoms with Crippen LogP contribution in [0.3, 0.4) is 0 Å². The van der Waals surface area contributed by atoms with Gasteiger partial charge in [-0.3, -0.25) is 9.59 Å². The molecule has 3 aliphatic rings. The van der Waals surface area contributed by atoms with Gasteiger partial charge in [-0.25, -0.2) is 4.79 Å². The van der Waals surface area contributed by atoms with Gasteiger partial charge < -0.3 is 100 Å². The van der Waals surface area contributed by atoms with Crippen LogP contribution < -0.4 is 10.6 Å². The molecule has 14 N–H and O–H groups in total. The number of carboxylic acids is 1. The van der Waals surface area contributed by atoms with E-state index in [1.807, 2.05) is 0 Å². The topological polar surface area (TPSA) is 373 Å². The number of amides is 2. The van der Waals surface area contributed by atoms with E-state index in [0.717, 1.165) is 51.9 Å². The third kappa shape index (κ3) is 33.3. The Bertz CT molecular complexity index is 1900. The number of rotatable bonds is 58. The predicted molar refractivity (Wildman–Crippen MR) is 357 cm³/mol. The Morgan fingerprint density at radius 3 is 1.33 bits per heavy atom. The molecule has 2 amide bonds. The molecule has 3 rings (SSSR count). The highest BCUT2D eigenvalue weighted by molar-refractivity contribution is 5.77. The molecule has 3 fully saturated rings. The van der Waals surface area contributed by atoms with Crippen molar-refractivity contribution in [2.24, 2.45) is 0 Å². The molecule has 23 heteroatoms. The summed E-state index contributed by atoms with van der Waals surface area (Å²) in [6, 6.07) is -2.52. The smallest absolute Gasteiger partial charge is 0.364 e. The van der Waals surface area contributed by atoms with E-state index in [2.05, 4.69) is 24.5 Å². The van der Waals surface area contributed by atoms with E-state index >= 15 is 0 Å². The van der Waals surface area contributed by atoms with Crippen LogP contribution in [0.2, 0.25) is 0 Å². The third-order valence-corrected chi connectivity index (χ3v) is 19.3. The van der Waals surface area contributed by atoms with Crippen LogP contribution >= 0.6 is 0 Å². The van der Waals surface area contributed by atoms with Crippen molar-refractivity contribution in [3.63, 3.8) is 0 Å². The number of aliphatic hydroxyl groups is 11. The highest BCUT2D eigenvalue weighted by atomic mass is 16.8. The molecule has 23 nitrogen and oxygen atoms in total. The zero-order chi connectivity index (χ0) is 68.9. The minimum atomic E-state index is -3.08. The number of hydrogen-bond donors (Lipinski definition) is 14. The number of carbonyl (C=O) groups is 3. The van der Waals surface area contributed by atoms with Crippen LogP contribution in [-0.2, 0) is 42.8 Å². The lowest BCUT2D eigenvalue weighted by atomic mass is 9.88. The van der Waals surface area contributed by atoms with E-state index < -0.39 is 148 Å². The molecule has 0 spiro atoms. The molecular formula is C71H134N2O21. The number of aliphatic hydroxyl groups excluding tert-OH is 11. The Morgan fingerprint density at radius 2 is 0.926 bits per heavy atom. The van der Waals surface area contributed by atoms with Crippen molar-refractivity contribution < 1.29 is 104 Å². The van der Waals surface area contributed by atoms with Crippen molar-refractivity contribution in [2.75, 3.05) is 26.4 Å². The van der Waals surface area contributed by atoms with E-state index in [4.69, 9.17) is 28.4 Å². The summed E-state index contributed by atoms with van der Waals surface area (Å²) in [6.45, 7) is 2.25. The molecule has 0 radical (unpaired) electrons. The summed E-state index contributed by atoms with van der Waals surface area (Å²) in [5, 5.41) is 136. The normalized spacial score (nSPS) is 27.8. The first kappa shape index (κ1) is 86.0. The van der Waals surface area contributed by atoms with Gasteiger partial charge in [-0.2, -0.15) is 0 Å². The van der Waals surface area contributed by atoms with Gasteiger partial charge in [0.2, 0.25) is 11.8 Å². The summed E-state index contributed by atoms with van der Waals surface area (Å²) >= 11 is 0. The molecule has 0 bridgehead atoms. The molecular weight excluding hydrogens is 1220 g/mol. The zero-order valence-electron chi connectivity index (χ0n) is 58.1. The summed E-state index contributed by atoms with van der Waals surface area (Å²) in [5.41, 5.74) is 0. The second-order valence-electron chi connectivity index (χ2n) is 27.5. The summed E-state index contributed by atoms with van der Waals surface area (Å²) in [7, 11) is 0. The lowest BCUT2D eigenvalue weighted by Gasteiger charge is -2.50. The Hall–Kier alpha value is -2.27. The molecule has 0 aromatic rings. The van der Waals surface area contributed by atoms with Crippen molar-refractivity contribution in [3.8, 4) is 0 Å². The average Bonchev–Trinajstić information content (AvgIpc) is 0.760. The van der Waals surface area contributed by atoms with E-state index in [-0.39, 0.29) is 18.9 Å². The van der Waals surface area contributed by atoms with Gasteiger partial charge in [0.25, 0.3) is 5.79 Å². The highest BCUT2D eigenvalue weighted by Crippen LogP contribution is 2.39. The number of aliphatic carboxylic acids is 1. The minimum Gasteiger partial charge on any atom is -0.477 e. The molecule has 0 aromatic carbocycles. The summed E-state index contributed by atoms with van der Waals surface area (Å²) in [4.78, 5) is 38.6. The summed E-state index contributed by atoms with van der Waals surface area (Å²) in [5.74, 6) is -6.09. The number of ether oxygens (including phenoxy) is 6. The maximum atomic E-state index is 13.5. The first-order valence-corrected chi connectivity index (χ1v) is 37.4. The van der Waals surface area contributed by atoms with Gasteiger partial charge in [-0.1, -0.05) is 264 Å². The molecule has 554 valence electrons. The van der Waals surface area contributed by atoms with Gasteiger partial charge in [0.05, 0.1) is 50.7 Å². The molecule has 94 heavy (non-hydrogen) atoms. The van der Waals surface area contributed by atoms with Gasteiger partial charge in [0.1, 0.15) is 67.1 Å². The quantitative estimate of drug-likeness (QED) is 0.0256. The SMILES string of the molecule is CCCCCCCCCCCCCCCCCCCCCCCC(O)C(COC1OC(CO)C(OC2OC(CO)C(O)C(OC3(C(=O)O)CC(O)C(NC(C)=O)C(C(O)C(O)CO)O3)C2O)C(O)C1O)NC(=O)CCCCCCCCCCCCCCCCCCCCC. The summed E-state index contributed by atoms with van der Waals surface area (Å²) in [6.07, 6.45) is 20.9. The zero-order valence-corrected chi connectivity index (χ0v) is 58.1. The molecule has 0 saturated carbocycles. The number of carbonyl (C=O) groups excluding carboxylic acids is 2. The Balaban J connectivity index is 1.56. The Kier molecular flexibility index (Phi) is 47.4. The maximum Gasteiger partial charge on any atom is 0.364 e. The van der Waals surface area contributed by atoms with Crippen LogP contribution in [0.4, 0.5) is 0 Å². The largest absolute Gasteiger partial charge is 0.477 e. The average molecular weight is 1350 g/mol. The fourth-order valence-electron chi connectivity index (χ4n) is 13.4. The monoisotopic (exact) mass is 1350 g/mol. The summed E-state index contributed by atoms with van der Waals surface area (Å²) < 4.78 is 34.9. The Labute approximate surface area is 563 Å². The van der Waals surface area contributed by atoms with E-state index in [9.17, 15) is 75.7 Å². The molecule has 18 atom stereocenters. The number of unbranched alkanes of at least 4 members (excludes halogenated alkanes) is 38. The van der Waals surface area contributed by atoms with Crippen molar-refractivity contribution in [2.45, 2.75) is 407 Å². The number of carboxylic acid groups (broad SMARTS) is 1. The van der Waals surface area contributed by atoms with Gasteiger partial charge in [0.15, 0.2) is 12.6 Å². The highest BCUT2D eigenvalue weighted by Gasteiger charge is 2.60. The Morgan fingerprint density at radius 1 is 0.511 bits per heavy atom. The second kappa shape index (κ2) is 51.8. The molecule has 18 unspecified atom stereocenters. The number of hydrogen-bond acceptors (Lipinski definition) is 20. The fourth-order valence-corrected chi connectivity index (χ4v) is 13.4. The van der Waals surface area contributed by atoms with Crippen LogP contribution in [0.1, 0.15) is 297 Å². The van der Waals surface area contributed by atoms with Gasteiger partial charge >= 0.3 is 5.97 Å². The molecule has 3 aliphatic heterocycles. The lowest BCUT2D eigenvalue weighted by Crippen LogP contribution is -2.70. The van der Waals surface area contributed by atoms with Crippen LogP contribution in [0.25, 0.3) is 0 Å². The minimum absolute atomic E-state index is 0.229. The van der Waals surface area contributed by atoms with E-state index in [1.54, 1.807) is 0 Å². The van der Waals surface area contributed by atoms with Crippen molar-refractivity contribution in [1.82, 2.24) is 10.6 Å².